The van der Waals surface area contributed by atoms with Gasteiger partial charge in [0.05, 0.1) is 17.8 Å². The fourth-order valence-electron chi connectivity index (χ4n) is 3.48. The first-order valence-electron chi connectivity index (χ1n) is 10.2. The van der Waals surface area contributed by atoms with E-state index in [1.165, 1.54) is 0 Å². The van der Waals surface area contributed by atoms with Gasteiger partial charge in [-0.15, -0.1) is 0 Å². The Bertz CT molecular complexity index is 934. The average Bonchev–Trinajstić information content (AvgIpc) is 3.03. The summed E-state index contributed by atoms with van der Waals surface area (Å²) in [6.45, 7) is 12.8. The molecule has 1 amide bonds. The number of aromatic nitrogens is 4. The number of ether oxygens (including phenoxy) is 1. The van der Waals surface area contributed by atoms with Crippen LogP contribution in [0.4, 0.5) is 10.7 Å². The molecule has 0 aliphatic carbocycles. The van der Waals surface area contributed by atoms with Crippen molar-refractivity contribution in [3.05, 3.63) is 16.6 Å². The van der Waals surface area contributed by atoms with Crippen LogP contribution in [0.25, 0.3) is 11.0 Å². The van der Waals surface area contributed by atoms with Crippen molar-refractivity contribution < 1.29 is 9.53 Å². The van der Waals surface area contributed by atoms with Crippen molar-refractivity contribution in [1.82, 2.24) is 24.6 Å². The quantitative estimate of drug-likeness (QED) is 0.814. The zero-order valence-corrected chi connectivity index (χ0v) is 18.2. The van der Waals surface area contributed by atoms with Gasteiger partial charge in [-0.25, -0.2) is 9.48 Å². The van der Waals surface area contributed by atoms with Crippen LogP contribution in [0.5, 0.6) is 0 Å². The predicted molar refractivity (Wildman–Crippen MR) is 112 cm³/mol. The smallest absolute Gasteiger partial charge is 0.410 e. The van der Waals surface area contributed by atoms with Gasteiger partial charge in [0.2, 0.25) is 5.95 Å². The number of piperidine rings is 1. The summed E-state index contributed by atoms with van der Waals surface area (Å²) >= 11 is 0. The number of H-pyrrole nitrogens is 1. The van der Waals surface area contributed by atoms with Gasteiger partial charge in [0, 0.05) is 13.1 Å². The summed E-state index contributed by atoms with van der Waals surface area (Å²) in [5.74, 6) is 0.378. The first-order valence-corrected chi connectivity index (χ1v) is 10.2. The molecule has 0 spiro atoms. The van der Waals surface area contributed by atoms with Crippen molar-refractivity contribution in [3.63, 3.8) is 0 Å². The Labute approximate surface area is 170 Å². The minimum absolute atomic E-state index is 0.0212. The number of rotatable bonds is 3. The molecule has 3 heterocycles. The van der Waals surface area contributed by atoms with Crippen LogP contribution >= 0.6 is 0 Å². The van der Waals surface area contributed by atoms with Gasteiger partial charge in [0.15, 0.2) is 5.65 Å². The number of fused-ring (bicyclic) bond motifs is 1. The zero-order valence-electron chi connectivity index (χ0n) is 18.2. The molecule has 0 radical (unpaired) electrons. The van der Waals surface area contributed by atoms with Crippen molar-refractivity contribution in [1.29, 1.82) is 0 Å². The molecule has 160 valence electrons. The van der Waals surface area contributed by atoms with Crippen LogP contribution in [-0.2, 0) is 10.3 Å². The molecule has 1 saturated heterocycles. The Morgan fingerprint density at radius 1 is 1.28 bits per heavy atom. The van der Waals surface area contributed by atoms with Gasteiger partial charge in [-0.3, -0.25) is 9.78 Å². The van der Waals surface area contributed by atoms with Crippen molar-refractivity contribution in [2.45, 2.75) is 78.0 Å². The second kappa shape index (κ2) is 7.68. The van der Waals surface area contributed by atoms with Crippen molar-refractivity contribution in [3.8, 4) is 0 Å². The van der Waals surface area contributed by atoms with Crippen LogP contribution < -0.4 is 10.9 Å². The molecule has 1 atom stereocenters. The van der Waals surface area contributed by atoms with Gasteiger partial charge in [-0.2, -0.15) is 10.1 Å². The second-order valence-electron chi connectivity index (χ2n) is 9.58. The van der Waals surface area contributed by atoms with Crippen molar-refractivity contribution >= 4 is 23.1 Å². The summed E-state index contributed by atoms with van der Waals surface area (Å²) in [5, 5.41) is 7.99. The number of nitrogens with one attached hydrogen (secondary N) is 2. The number of anilines is 1. The zero-order chi connectivity index (χ0) is 21.4. The normalized spacial score (nSPS) is 18.1. The monoisotopic (exact) mass is 404 g/mol. The van der Waals surface area contributed by atoms with E-state index in [2.05, 4.69) is 20.4 Å². The second-order valence-corrected chi connectivity index (χ2v) is 9.58. The molecule has 0 aromatic carbocycles. The molecule has 9 heteroatoms. The van der Waals surface area contributed by atoms with E-state index >= 15 is 0 Å². The van der Waals surface area contributed by atoms with Crippen LogP contribution in [0.3, 0.4) is 0 Å². The molecule has 1 aliphatic heterocycles. The van der Waals surface area contributed by atoms with Gasteiger partial charge < -0.3 is 15.0 Å². The van der Waals surface area contributed by atoms with Crippen LogP contribution in [0.2, 0.25) is 0 Å². The van der Waals surface area contributed by atoms with Gasteiger partial charge in [-0.05, 0) is 60.8 Å². The van der Waals surface area contributed by atoms with Crippen LogP contribution in [0.15, 0.2) is 11.0 Å². The van der Waals surface area contributed by atoms with E-state index in [-0.39, 0.29) is 23.2 Å². The lowest BCUT2D eigenvalue weighted by Gasteiger charge is -2.36. The average molecular weight is 405 g/mol. The highest BCUT2D eigenvalue weighted by Gasteiger charge is 2.30. The number of hydrogen-bond donors (Lipinski definition) is 2. The van der Waals surface area contributed by atoms with Gasteiger partial charge in [0.1, 0.15) is 11.0 Å². The summed E-state index contributed by atoms with van der Waals surface area (Å²) in [7, 11) is 0. The molecule has 2 aromatic rings. The standard InChI is InChI=1S/C20H32N6O3/c1-19(2,3)26-15-14(12-22-26)16(27)24-17(23-15)21-11-13-9-7-8-10-25(13)18(28)29-20(4,5)6/h12-13H,7-11H2,1-6H3,(H2,21,23,24,27). The molecule has 1 fully saturated rings. The summed E-state index contributed by atoms with van der Waals surface area (Å²) in [6, 6.07) is -0.0212. The molecular formula is C20H32N6O3. The molecule has 3 rings (SSSR count). The molecule has 9 nitrogen and oxygen atoms in total. The number of likely N-dealkylation sites (tertiary alicyclic amines) is 1. The van der Waals surface area contributed by atoms with E-state index in [1.54, 1.807) is 15.8 Å². The third-order valence-electron chi connectivity index (χ3n) is 4.83. The Hall–Kier alpha value is -2.58. The predicted octanol–water partition coefficient (Wildman–Crippen LogP) is 3.08. The Morgan fingerprint density at radius 2 is 2.00 bits per heavy atom. The summed E-state index contributed by atoms with van der Waals surface area (Å²) < 4.78 is 7.30. The lowest BCUT2D eigenvalue weighted by Crippen LogP contribution is -2.49. The Kier molecular flexibility index (Phi) is 5.60. The van der Waals surface area contributed by atoms with Crippen molar-refractivity contribution in [2.75, 3.05) is 18.4 Å². The maximum atomic E-state index is 12.6. The van der Waals surface area contributed by atoms with Crippen LogP contribution in [-0.4, -0.2) is 55.5 Å². The first kappa shape index (κ1) is 21.1. The van der Waals surface area contributed by atoms with Gasteiger partial charge >= 0.3 is 6.09 Å². The molecule has 2 N–H and O–H groups in total. The van der Waals surface area contributed by atoms with Gasteiger partial charge in [-0.1, -0.05) is 0 Å². The lowest BCUT2D eigenvalue weighted by molar-refractivity contribution is 0.0114. The van der Waals surface area contributed by atoms with Crippen molar-refractivity contribution in [2.24, 2.45) is 0 Å². The Morgan fingerprint density at radius 3 is 2.66 bits per heavy atom. The lowest BCUT2D eigenvalue weighted by atomic mass is 10.0. The molecule has 29 heavy (non-hydrogen) atoms. The minimum Gasteiger partial charge on any atom is -0.444 e. The fraction of sp³-hybridized carbons (Fsp3) is 0.700. The molecule has 0 bridgehead atoms. The van der Waals surface area contributed by atoms with E-state index in [0.29, 0.717) is 30.1 Å². The number of amides is 1. The van der Waals surface area contributed by atoms with Crippen LogP contribution in [0.1, 0.15) is 60.8 Å². The largest absolute Gasteiger partial charge is 0.444 e. The molecular weight excluding hydrogens is 372 g/mol. The van der Waals surface area contributed by atoms with E-state index in [0.717, 1.165) is 19.3 Å². The highest BCUT2D eigenvalue weighted by molar-refractivity contribution is 5.74. The maximum absolute atomic E-state index is 12.6. The SMILES string of the molecule is CC(C)(C)OC(=O)N1CCCCC1CNc1nc2c(cnn2C(C)(C)C)c(=O)[nH]1. The molecule has 1 unspecified atom stereocenters. The van der Waals surface area contributed by atoms with Crippen LogP contribution in [0, 0.1) is 0 Å². The number of nitrogens with zero attached hydrogens (tertiary/aromatic N) is 4. The number of hydrogen-bond acceptors (Lipinski definition) is 6. The topological polar surface area (TPSA) is 105 Å². The third kappa shape index (κ3) is 4.89. The first-order chi connectivity index (χ1) is 13.5. The van der Waals surface area contributed by atoms with E-state index in [1.807, 2.05) is 41.5 Å². The van der Waals surface area contributed by atoms with Gasteiger partial charge in [0.25, 0.3) is 5.56 Å². The van der Waals surface area contributed by atoms with E-state index in [9.17, 15) is 9.59 Å². The molecule has 2 aromatic heterocycles. The number of aromatic amines is 1. The highest BCUT2D eigenvalue weighted by Crippen LogP contribution is 2.22. The van der Waals surface area contributed by atoms with E-state index in [4.69, 9.17) is 4.74 Å². The maximum Gasteiger partial charge on any atom is 0.410 e. The summed E-state index contributed by atoms with van der Waals surface area (Å²) in [4.78, 5) is 34.1. The highest BCUT2D eigenvalue weighted by atomic mass is 16.6. The number of carbonyl (C=O) groups is 1. The third-order valence-corrected chi connectivity index (χ3v) is 4.83. The molecule has 0 saturated carbocycles. The fourth-order valence-corrected chi connectivity index (χ4v) is 3.48. The minimum atomic E-state index is -0.532. The summed E-state index contributed by atoms with van der Waals surface area (Å²) in [6.07, 6.45) is 4.12. The summed E-state index contributed by atoms with van der Waals surface area (Å²) in [5.41, 5.74) is -0.524. The Balaban J connectivity index is 1.78. The van der Waals surface area contributed by atoms with E-state index < -0.39 is 5.60 Å². The molecule has 1 aliphatic rings. The number of carbonyl (C=O) groups excluding carboxylic acids is 1.